The Morgan fingerprint density at radius 2 is 1.44 bits per heavy atom. The molecule has 0 bridgehead atoms. The van der Waals surface area contributed by atoms with Crippen LogP contribution in [-0.4, -0.2) is 25.5 Å². The molecule has 0 aliphatic rings. The SMILES string of the molecule is CC(C)P(=O)(OCc1cnc([N+](=O)[O-])s1)OCc1cnc([N+](=O)[O-])s1. The number of thiazole rings is 2. The molecular weight excluding hydrogens is 395 g/mol. The first-order valence-corrected chi connectivity index (χ1v) is 10.0. The van der Waals surface area contributed by atoms with Crippen LogP contribution in [0.5, 0.6) is 0 Å². The third kappa shape index (κ3) is 5.09. The molecule has 0 fully saturated rings. The molecule has 0 saturated carbocycles. The summed E-state index contributed by atoms with van der Waals surface area (Å²) in [4.78, 5) is 28.1. The molecule has 0 aromatic carbocycles. The van der Waals surface area contributed by atoms with Gasteiger partial charge in [0.25, 0.3) is 0 Å². The number of hydrogen-bond donors (Lipinski definition) is 0. The predicted octanol–water partition coefficient (Wildman–Crippen LogP) is 3.75. The highest BCUT2D eigenvalue weighted by Gasteiger charge is 2.31. The van der Waals surface area contributed by atoms with E-state index in [2.05, 4.69) is 9.97 Å². The smallest absolute Gasteiger partial charge is 0.357 e. The van der Waals surface area contributed by atoms with E-state index in [1.54, 1.807) is 13.8 Å². The molecule has 25 heavy (non-hydrogen) atoms. The second-order valence-electron chi connectivity index (χ2n) is 4.91. The van der Waals surface area contributed by atoms with E-state index in [-0.39, 0.29) is 23.5 Å². The van der Waals surface area contributed by atoms with Crippen LogP contribution in [0.2, 0.25) is 0 Å². The van der Waals surface area contributed by atoms with Crippen LogP contribution in [0.15, 0.2) is 12.4 Å². The van der Waals surface area contributed by atoms with E-state index in [9.17, 15) is 24.8 Å². The molecule has 0 aliphatic carbocycles. The van der Waals surface area contributed by atoms with Crippen LogP contribution in [0.25, 0.3) is 0 Å². The van der Waals surface area contributed by atoms with Crippen molar-refractivity contribution in [3.63, 3.8) is 0 Å². The Labute approximate surface area is 149 Å². The Kier molecular flexibility index (Phi) is 6.30. The fraction of sp³-hybridized carbons (Fsp3) is 0.455. The number of rotatable bonds is 9. The Balaban J connectivity index is 2.00. The molecule has 11 nitrogen and oxygen atoms in total. The third-order valence-corrected chi connectivity index (χ3v) is 6.89. The molecule has 0 spiro atoms. The lowest BCUT2D eigenvalue weighted by Crippen LogP contribution is -2.05. The van der Waals surface area contributed by atoms with Gasteiger partial charge in [-0.05, 0) is 42.5 Å². The zero-order valence-corrected chi connectivity index (χ0v) is 15.6. The maximum absolute atomic E-state index is 12.8. The average Bonchev–Trinajstić information content (AvgIpc) is 3.20. The number of aromatic nitrogens is 2. The molecule has 2 heterocycles. The lowest BCUT2D eigenvalue weighted by molar-refractivity contribution is -0.384. The second kappa shape index (κ2) is 8.06. The van der Waals surface area contributed by atoms with Crippen LogP contribution in [0.1, 0.15) is 23.6 Å². The first-order valence-electron chi connectivity index (χ1n) is 6.78. The molecule has 0 amide bonds. The number of nitro groups is 2. The molecule has 0 aliphatic heterocycles. The van der Waals surface area contributed by atoms with E-state index in [1.165, 1.54) is 12.4 Å². The molecule has 0 unspecified atom stereocenters. The highest BCUT2D eigenvalue weighted by molar-refractivity contribution is 7.54. The summed E-state index contributed by atoms with van der Waals surface area (Å²) in [6, 6.07) is 0. The molecule has 0 atom stereocenters. The van der Waals surface area contributed by atoms with Crippen molar-refractivity contribution in [3.05, 3.63) is 42.4 Å². The molecule has 0 N–H and O–H groups in total. The lowest BCUT2D eigenvalue weighted by atomic mass is 10.6. The first kappa shape index (κ1) is 19.5. The zero-order chi connectivity index (χ0) is 18.6. The van der Waals surface area contributed by atoms with E-state index in [0.29, 0.717) is 9.75 Å². The molecule has 2 aromatic heterocycles. The van der Waals surface area contributed by atoms with Crippen LogP contribution in [0, 0.1) is 20.2 Å². The summed E-state index contributed by atoms with van der Waals surface area (Å²) in [5, 5.41) is 20.7. The maximum atomic E-state index is 12.8. The summed E-state index contributed by atoms with van der Waals surface area (Å²) < 4.78 is 23.6. The van der Waals surface area contributed by atoms with Crippen LogP contribution in [0.4, 0.5) is 10.3 Å². The minimum atomic E-state index is -3.53. The number of nitrogens with zero attached hydrogens (tertiary/aromatic N) is 4. The van der Waals surface area contributed by atoms with Gasteiger partial charge >= 0.3 is 17.9 Å². The van der Waals surface area contributed by atoms with Gasteiger partial charge in [0, 0.05) is 0 Å². The maximum Gasteiger partial charge on any atom is 0.423 e. The van der Waals surface area contributed by atoms with Crippen molar-refractivity contribution in [2.24, 2.45) is 0 Å². The van der Waals surface area contributed by atoms with Gasteiger partial charge in [-0.15, -0.1) is 0 Å². The standard InChI is InChI=1S/C11H13N4O7PS2/c1-7(2)23(20,21-5-8-3-12-10(24-8)14(16)17)22-6-9-4-13-11(25-9)15(18)19/h3-4,7H,5-6H2,1-2H3. The molecule has 14 heteroatoms. The van der Waals surface area contributed by atoms with Crippen LogP contribution in [0.3, 0.4) is 0 Å². The van der Waals surface area contributed by atoms with Gasteiger partial charge in [0.1, 0.15) is 0 Å². The molecule has 2 rings (SSSR count). The molecule has 0 saturated heterocycles. The fourth-order valence-electron chi connectivity index (χ4n) is 1.54. The van der Waals surface area contributed by atoms with Crippen LogP contribution < -0.4 is 0 Å². The Morgan fingerprint density at radius 3 is 1.72 bits per heavy atom. The van der Waals surface area contributed by atoms with E-state index >= 15 is 0 Å². The van der Waals surface area contributed by atoms with Gasteiger partial charge in [-0.1, -0.05) is 13.8 Å². The van der Waals surface area contributed by atoms with E-state index in [0.717, 1.165) is 22.7 Å². The predicted molar refractivity (Wildman–Crippen MR) is 89.9 cm³/mol. The minimum Gasteiger partial charge on any atom is -0.357 e. The quantitative estimate of drug-likeness (QED) is 0.343. The topological polar surface area (TPSA) is 148 Å². The summed E-state index contributed by atoms with van der Waals surface area (Å²) in [6.07, 6.45) is 2.56. The summed E-state index contributed by atoms with van der Waals surface area (Å²) in [5.41, 5.74) is -0.474. The van der Waals surface area contributed by atoms with Crippen molar-refractivity contribution in [2.45, 2.75) is 32.7 Å². The van der Waals surface area contributed by atoms with Crippen molar-refractivity contribution >= 4 is 40.5 Å². The second-order valence-corrected chi connectivity index (χ2v) is 9.73. The molecular formula is C11H13N4O7PS2. The first-order chi connectivity index (χ1) is 11.7. The summed E-state index contributed by atoms with van der Waals surface area (Å²) in [5.74, 6) is 0. The van der Waals surface area contributed by atoms with E-state index < -0.39 is 23.1 Å². The largest absolute Gasteiger partial charge is 0.423 e. The van der Waals surface area contributed by atoms with Crippen molar-refractivity contribution in [3.8, 4) is 0 Å². The van der Waals surface area contributed by atoms with Crippen molar-refractivity contribution in [1.82, 2.24) is 9.97 Å². The normalized spacial score (nSPS) is 11.8. The van der Waals surface area contributed by atoms with E-state index in [4.69, 9.17) is 9.05 Å². The Bertz CT molecular complexity index is 761. The van der Waals surface area contributed by atoms with Crippen molar-refractivity contribution < 1.29 is 23.5 Å². The Morgan fingerprint density at radius 1 is 1.04 bits per heavy atom. The monoisotopic (exact) mass is 408 g/mol. The molecule has 0 radical (unpaired) electrons. The van der Waals surface area contributed by atoms with E-state index in [1.807, 2.05) is 0 Å². The van der Waals surface area contributed by atoms with Gasteiger partial charge in [-0.3, -0.25) is 4.57 Å². The van der Waals surface area contributed by atoms with Crippen molar-refractivity contribution in [2.75, 3.05) is 0 Å². The molecule has 136 valence electrons. The van der Waals surface area contributed by atoms with Crippen molar-refractivity contribution in [1.29, 1.82) is 0 Å². The highest BCUT2D eigenvalue weighted by atomic mass is 32.1. The van der Waals surface area contributed by atoms with Crippen LogP contribution >= 0.6 is 30.3 Å². The Hall–Kier alpha value is -1.79. The minimum absolute atomic E-state index is 0.149. The zero-order valence-electron chi connectivity index (χ0n) is 13.1. The third-order valence-electron chi connectivity index (χ3n) is 2.80. The summed E-state index contributed by atoms with van der Waals surface area (Å²) in [6.45, 7) is 2.99. The average molecular weight is 408 g/mol. The molecule has 2 aromatic rings. The summed E-state index contributed by atoms with van der Waals surface area (Å²) in [7, 11) is -3.53. The van der Waals surface area contributed by atoms with Gasteiger partial charge in [-0.25, -0.2) is 0 Å². The lowest BCUT2D eigenvalue weighted by Gasteiger charge is -2.20. The highest BCUT2D eigenvalue weighted by Crippen LogP contribution is 2.54. The van der Waals surface area contributed by atoms with Gasteiger partial charge in [0.05, 0.1) is 28.6 Å². The summed E-state index contributed by atoms with van der Waals surface area (Å²) >= 11 is 1.64. The van der Waals surface area contributed by atoms with Gasteiger partial charge < -0.3 is 29.3 Å². The van der Waals surface area contributed by atoms with Crippen LogP contribution in [-0.2, 0) is 26.8 Å². The fourth-order valence-corrected chi connectivity index (χ4v) is 4.30. The van der Waals surface area contributed by atoms with Gasteiger partial charge in [0.2, 0.25) is 0 Å². The number of hydrogen-bond acceptors (Lipinski definition) is 11. The van der Waals surface area contributed by atoms with Gasteiger partial charge in [0.15, 0.2) is 12.4 Å². The van der Waals surface area contributed by atoms with Gasteiger partial charge in [-0.2, -0.15) is 0 Å².